The highest BCUT2D eigenvalue weighted by molar-refractivity contribution is 6.17. The number of methoxy groups -OCH3 is 2. The quantitative estimate of drug-likeness (QED) is 0.126. The Balaban J connectivity index is 2.53. The predicted molar refractivity (Wildman–Crippen MR) is 141 cm³/mol. The van der Waals surface area contributed by atoms with Crippen LogP contribution in [0.5, 0.6) is 11.5 Å². The second-order valence-electron chi connectivity index (χ2n) is 7.94. The summed E-state index contributed by atoms with van der Waals surface area (Å²) in [5, 5.41) is 0. The molecule has 0 aromatic heterocycles. The molecule has 1 aromatic rings. The lowest BCUT2D eigenvalue weighted by molar-refractivity contribution is 0.300. The Hall–Kier alpha value is -3.24. The number of unbranched alkanes of at least 4 members (excludes halogenated alkanes) is 1. The molecule has 194 valence electrons. The number of alkyl halides is 1. The zero-order valence-electron chi connectivity index (χ0n) is 21.0. The third kappa shape index (κ3) is 7.38. The van der Waals surface area contributed by atoms with E-state index in [0.717, 1.165) is 5.69 Å². The van der Waals surface area contributed by atoms with Gasteiger partial charge in [-0.1, -0.05) is 6.08 Å². The molecule has 0 radical (unpaired) electrons. The van der Waals surface area contributed by atoms with E-state index in [9.17, 15) is 8.78 Å². The fraction of sp³-hybridized carbons (Fsp3) is 0.357. The van der Waals surface area contributed by atoms with Crippen LogP contribution < -0.4 is 14.4 Å². The molecule has 0 saturated heterocycles. The lowest BCUT2D eigenvalue weighted by Crippen LogP contribution is -2.41. The molecular weight excluding hydrogens is 489 g/mol. The molecule has 0 heterocycles. The summed E-state index contributed by atoms with van der Waals surface area (Å²) in [6.45, 7) is 1.64. The van der Waals surface area contributed by atoms with E-state index in [0.29, 0.717) is 42.5 Å². The summed E-state index contributed by atoms with van der Waals surface area (Å²) >= 11 is 5.69. The van der Waals surface area contributed by atoms with Crippen LogP contribution in [0, 0.1) is 12.3 Å². The molecule has 0 aliphatic heterocycles. The minimum Gasteiger partial charge on any atom is -0.493 e. The molecular formula is C28H32ClF3N2O2. The number of hydrogen-bond donors (Lipinski definition) is 0. The van der Waals surface area contributed by atoms with Gasteiger partial charge in [-0.25, -0.2) is 8.78 Å². The predicted octanol–water partition coefficient (Wildman–Crippen LogP) is 7.21. The number of halogens is 4. The van der Waals surface area contributed by atoms with Crippen molar-refractivity contribution in [2.24, 2.45) is 0 Å². The Labute approximate surface area is 217 Å². The normalized spacial score (nSPS) is 16.6. The highest BCUT2D eigenvalue weighted by Gasteiger charge is 2.27. The Bertz CT molecular complexity index is 1100. The topological polar surface area (TPSA) is 24.9 Å². The van der Waals surface area contributed by atoms with E-state index in [2.05, 4.69) is 0 Å². The number of nitrogens with zero attached hydrogens (tertiary/aromatic N) is 2. The molecule has 1 aliphatic rings. The molecule has 1 aliphatic carbocycles. The van der Waals surface area contributed by atoms with Crippen LogP contribution in [0.2, 0.25) is 0 Å². The molecule has 2 rings (SSSR count). The van der Waals surface area contributed by atoms with E-state index in [1.165, 1.54) is 25.3 Å². The van der Waals surface area contributed by atoms with Gasteiger partial charge in [0, 0.05) is 24.7 Å². The number of rotatable bonds is 12. The van der Waals surface area contributed by atoms with Gasteiger partial charge in [0.2, 0.25) is 0 Å². The molecule has 0 bridgehead atoms. The maximum absolute atomic E-state index is 15.1. The van der Waals surface area contributed by atoms with Crippen molar-refractivity contribution in [3.8, 4) is 23.8 Å². The summed E-state index contributed by atoms with van der Waals surface area (Å²) < 4.78 is 54.4. The Morgan fingerprint density at radius 3 is 2.53 bits per heavy atom. The molecule has 1 unspecified atom stereocenters. The first kappa shape index (κ1) is 29.0. The van der Waals surface area contributed by atoms with Crippen LogP contribution in [-0.2, 0) is 0 Å². The third-order valence-corrected chi connectivity index (χ3v) is 6.02. The van der Waals surface area contributed by atoms with Crippen molar-refractivity contribution in [2.45, 2.75) is 32.2 Å². The smallest absolute Gasteiger partial charge is 0.180 e. The highest BCUT2D eigenvalue weighted by Crippen LogP contribution is 2.34. The summed E-state index contributed by atoms with van der Waals surface area (Å²) in [5.41, 5.74) is 0.490. The van der Waals surface area contributed by atoms with Gasteiger partial charge in [-0.05, 0) is 68.5 Å². The highest BCUT2D eigenvalue weighted by atomic mass is 35.5. The number of anilines is 1. The molecule has 0 N–H and O–H groups in total. The standard InChI is InChI=1S/C28H32ClF3N2O2/c1-6-24(31)23(25(32)10-8-9-17-29)19-34(21-13-11-20(30)12-14-21)28(7-2)33(3)22-15-16-26(35-4)27(18-22)36-5/h1,7,10-13,15-16,18,21H,8-9,14,17,19H2,2-5H3/b24-23+,25-10+,28-7-. The fourth-order valence-corrected chi connectivity index (χ4v) is 3.99. The zero-order valence-corrected chi connectivity index (χ0v) is 21.8. The molecule has 0 spiro atoms. The number of ether oxygens (including phenoxy) is 2. The summed E-state index contributed by atoms with van der Waals surface area (Å²) in [6.07, 6.45) is 14.1. The van der Waals surface area contributed by atoms with Crippen molar-refractivity contribution < 1.29 is 22.6 Å². The van der Waals surface area contributed by atoms with Crippen molar-refractivity contribution in [1.82, 2.24) is 4.90 Å². The first-order valence-corrected chi connectivity index (χ1v) is 12.0. The second-order valence-corrected chi connectivity index (χ2v) is 8.32. The van der Waals surface area contributed by atoms with Gasteiger partial charge in [-0.2, -0.15) is 4.39 Å². The maximum Gasteiger partial charge on any atom is 0.180 e. The summed E-state index contributed by atoms with van der Waals surface area (Å²) in [4.78, 5) is 3.64. The van der Waals surface area contributed by atoms with Crippen LogP contribution in [0.15, 0.2) is 77.5 Å². The number of terminal acetylenes is 1. The molecule has 36 heavy (non-hydrogen) atoms. The van der Waals surface area contributed by atoms with Crippen molar-refractivity contribution in [3.05, 3.63) is 77.5 Å². The first-order valence-electron chi connectivity index (χ1n) is 11.5. The average molecular weight is 521 g/mol. The van der Waals surface area contributed by atoms with Crippen molar-refractivity contribution in [1.29, 1.82) is 0 Å². The van der Waals surface area contributed by atoms with E-state index < -0.39 is 11.7 Å². The summed E-state index contributed by atoms with van der Waals surface area (Å²) in [6, 6.07) is 5.02. The van der Waals surface area contributed by atoms with E-state index in [4.69, 9.17) is 27.5 Å². The van der Waals surface area contributed by atoms with Gasteiger partial charge >= 0.3 is 0 Å². The van der Waals surface area contributed by atoms with Crippen LogP contribution in [-0.4, -0.2) is 44.6 Å². The monoisotopic (exact) mass is 520 g/mol. The van der Waals surface area contributed by atoms with Crippen molar-refractivity contribution in [3.63, 3.8) is 0 Å². The lowest BCUT2D eigenvalue weighted by Gasteiger charge is -2.39. The molecule has 1 aromatic carbocycles. The second kappa shape index (κ2) is 14.4. The van der Waals surface area contributed by atoms with Crippen molar-refractivity contribution >= 4 is 17.3 Å². The SMILES string of the molecule is C#C/C(F)=C(CN(/C(=C\C)N(C)c1ccc(OC)c(OC)c1)C1C=CC(F)=CC1)\C(F)=C/CCCCl. The van der Waals surface area contributed by atoms with Crippen LogP contribution >= 0.6 is 11.6 Å². The van der Waals surface area contributed by atoms with Crippen LogP contribution in [0.1, 0.15) is 26.2 Å². The first-order chi connectivity index (χ1) is 17.3. The molecule has 8 heteroatoms. The Kier molecular flexibility index (Phi) is 11.6. The number of benzene rings is 1. The van der Waals surface area contributed by atoms with Gasteiger partial charge in [-0.3, -0.25) is 0 Å². The van der Waals surface area contributed by atoms with Gasteiger partial charge in [-0.15, -0.1) is 18.0 Å². The van der Waals surface area contributed by atoms with Gasteiger partial charge < -0.3 is 19.3 Å². The minimum atomic E-state index is -0.995. The maximum atomic E-state index is 15.1. The van der Waals surface area contributed by atoms with E-state index in [-0.39, 0.29) is 24.0 Å². The van der Waals surface area contributed by atoms with Gasteiger partial charge in [0.15, 0.2) is 17.3 Å². The zero-order chi connectivity index (χ0) is 26.7. The summed E-state index contributed by atoms with van der Waals surface area (Å²) in [5.74, 6) is 1.90. The average Bonchev–Trinajstić information content (AvgIpc) is 2.90. The van der Waals surface area contributed by atoms with Crippen LogP contribution in [0.4, 0.5) is 18.9 Å². The molecule has 0 fully saturated rings. The summed E-state index contributed by atoms with van der Waals surface area (Å²) in [7, 11) is 4.91. The van der Waals surface area contributed by atoms with E-state index in [1.54, 1.807) is 30.2 Å². The lowest BCUT2D eigenvalue weighted by atomic mass is 10.0. The number of hydrogen-bond acceptors (Lipinski definition) is 4. The Morgan fingerprint density at radius 1 is 1.25 bits per heavy atom. The third-order valence-electron chi connectivity index (χ3n) is 5.75. The minimum absolute atomic E-state index is 0.180. The molecule has 1 atom stereocenters. The molecule has 0 amide bonds. The van der Waals surface area contributed by atoms with E-state index >= 15 is 4.39 Å². The van der Waals surface area contributed by atoms with E-state index in [1.807, 2.05) is 36.9 Å². The van der Waals surface area contributed by atoms with Crippen molar-refractivity contribution in [2.75, 3.05) is 38.6 Å². The van der Waals surface area contributed by atoms with Gasteiger partial charge in [0.25, 0.3) is 0 Å². The van der Waals surface area contributed by atoms with Gasteiger partial charge in [0.1, 0.15) is 17.5 Å². The van der Waals surface area contributed by atoms with Crippen LogP contribution in [0.3, 0.4) is 0 Å². The largest absolute Gasteiger partial charge is 0.493 e. The van der Waals surface area contributed by atoms with Crippen LogP contribution in [0.25, 0.3) is 0 Å². The Morgan fingerprint density at radius 2 is 1.97 bits per heavy atom. The van der Waals surface area contributed by atoms with Gasteiger partial charge in [0.05, 0.1) is 32.4 Å². The fourth-order valence-electron chi connectivity index (χ4n) is 3.84. The number of allylic oxidation sites excluding steroid dienone is 5. The molecule has 0 saturated carbocycles. The molecule has 4 nitrogen and oxygen atoms in total.